The first-order valence-corrected chi connectivity index (χ1v) is 8.19. The zero-order chi connectivity index (χ0) is 18.4. The van der Waals surface area contributed by atoms with E-state index in [2.05, 4.69) is 20.3 Å². The Morgan fingerprint density at radius 1 is 1.52 bits per heavy atom. The summed E-state index contributed by atoms with van der Waals surface area (Å²) in [4.78, 5) is 12.6. The molecule has 10 heteroatoms. The monoisotopic (exact) mass is 354 g/mol. The molecule has 0 aromatic carbocycles. The van der Waals surface area contributed by atoms with E-state index in [0.717, 1.165) is 6.42 Å². The molecule has 2 aromatic rings. The van der Waals surface area contributed by atoms with Crippen molar-refractivity contribution >= 4 is 22.9 Å². The normalized spacial score (nSPS) is 30.7. The van der Waals surface area contributed by atoms with Crippen LogP contribution >= 0.6 is 0 Å². The van der Waals surface area contributed by atoms with E-state index < -0.39 is 30.7 Å². The van der Waals surface area contributed by atoms with Crippen LogP contribution in [-0.2, 0) is 4.74 Å². The van der Waals surface area contributed by atoms with Gasteiger partial charge in [-0.15, -0.1) is 0 Å². The number of halogens is 1. The molecular weight excluding hydrogens is 331 g/mol. The molecule has 1 saturated heterocycles. The van der Waals surface area contributed by atoms with Crippen molar-refractivity contribution in [1.29, 1.82) is 0 Å². The molecule has 138 valence electrons. The third-order valence-electron chi connectivity index (χ3n) is 4.58. The van der Waals surface area contributed by atoms with Gasteiger partial charge < -0.3 is 26.0 Å². The second kappa shape index (κ2) is 6.36. The molecule has 5 N–H and O–H groups in total. The van der Waals surface area contributed by atoms with E-state index in [-0.39, 0.29) is 17.6 Å². The van der Waals surface area contributed by atoms with Crippen LogP contribution in [0, 0.1) is 0 Å². The molecule has 1 aliphatic rings. The lowest BCUT2D eigenvalue weighted by Gasteiger charge is -2.24. The number of alkyl halides is 1. The summed E-state index contributed by atoms with van der Waals surface area (Å²) in [5.74, 6) is 0.464. The average molecular weight is 354 g/mol. The summed E-state index contributed by atoms with van der Waals surface area (Å²) >= 11 is 0. The van der Waals surface area contributed by atoms with Crippen LogP contribution in [0.25, 0.3) is 11.2 Å². The first-order valence-electron chi connectivity index (χ1n) is 8.19. The van der Waals surface area contributed by atoms with Gasteiger partial charge >= 0.3 is 0 Å². The second-order valence-electron chi connectivity index (χ2n) is 6.51. The number of fused-ring (bicyclic) bond motifs is 1. The Kier molecular flexibility index (Phi) is 4.52. The number of aliphatic hydroxyl groups is 2. The van der Waals surface area contributed by atoms with Crippen molar-refractivity contribution in [2.45, 2.75) is 57.3 Å². The number of nitrogens with one attached hydrogen (secondary N) is 1. The minimum absolute atomic E-state index is 0.0119. The van der Waals surface area contributed by atoms with E-state index in [1.807, 2.05) is 13.8 Å². The minimum atomic E-state index is -2.13. The number of hydrogen-bond acceptors (Lipinski definition) is 8. The summed E-state index contributed by atoms with van der Waals surface area (Å²) in [6.07, 6.45) is -1.47. The Hall–Kier alpha value is -2.04. The lowest BCUT2D eigenvalue weighted by Crippen LogP contribution is -2.40. The molecule has 0 spiro atoms. The van der Waals surface area contributed by atoms with Crippen LogP contribution in [0.4, 0.5) is 16.2 Å². The maximum absolute atomic E-state index is 15.0. The number of hydrogen-bond donors (Lipinski definition) is 4. The quantitative estimate of drug-likeness (QED) is 0.614. The maximum atomic E-state index is 15.0. The van der Waals surface area contributed by atoms with E-state index in [1.54, 1.807) is 0 Å². The molecule has 0 amide bonds. The highest BCUT2D eigenvalue weighted by Crippen LogP contribution is 2.42. The van der Waals surface area contributed by atoms with Gasteiger partial charge in [0.05, 0.1) is 12.9 Å². The predicted molar refractivity (Wildman–Crippen MR) is 89.6 cm³/mol. The van der Waals surface area contributed by atoms with Gasteiger partial charge in [0.2, 0.25) is 5.95 Å². The molecule has 0 saturated carbocycles. The molecule has 0 radical (unpaired) electrons. The second-order valence-corrected chi connectivity index (χ2v) is 6.51. The number of imidazole rings is 1. The lowest BCUT2D eigenvalue weighted by atomic mass is 9.98. The van der Waals surface area contributed by atoms with Gasteiger partial charge in [0.15, 0.2) is 28.9 Å². The molecule has 2 aromatic heterocycles. The number of nitrogens with two attached hydrogens (primary N) is 1. The number of aromatic nitrogens is 4. The highest BCUT2D eigenvalue weighted by molar-refractivity contribution is 5.84. The molecular formula is C15H23FN6O3. The van der Waals surface area contributed by atoms with E-state index in [0.29, 0.717) is 11.3 Å². The zero-order valence-corrected chi connectivity index (χ0v) is 14.3. The molecule has 1 unspecified atom stereocenters. The van der Waals surface area contributed by atoms with Crippen molar-refractivity contribution in [1.82, 2.24) is 19.5 Å². The fourth-order valence-electron chi connectivity index (χ4n) is 2.90. The van der Waals surface area contributed by atoms with Crippen molar-refractivity contribution in [3.05, 3.63) is 6.33 Å². The molecule has 3 rings (SSSR count). The van der Waals surface area contributed by atoms with Crippen LogP contribution in [-0.4, -0.2) is 60.3 Å². The van der Waals surface area contributed by atoms with Gasteiger partial charge in [0.1, 0.15) is 12.2 Å². The van der Waals surface area contributed by atoms with Crippen LogP contribution in [0.15, 0.2) is 6.33 Å². The Morgan fingerprint density at radius 3 is 2.84 bits per heavy atom. The smallest absolute Gasteiger partial charge is 0.224 e. The molecule has 1 aliphatic heterocycles. The van der Waals surface area contributed by atoms with Crippen molar-refractivity contribution in [2.24, 2.45) is 0 Å². The molecule has 5 atom stereocenters. The molecule has 9 nitrogen and oxygen atoms in total. The van der Waals surface area contributed by atoms with Gasteiger partial charge in [-0.2, -0.15) is 9.97 Å². The molecule has 3 heterocycles. The Balaban J connectivity index is 2.07. The molecule has 1 fully saturated rings. The largest absolute Gasteiger partial charge is 0.394 e. The van der Waals surface area contributed by atoms with Crippen LogP contribution in [0.2, 0.25) is 0 Å². The van der Waals surface area contributed by atoms with E-state index >= 15 is 4.39 Å². The highest BCUT2D eigenvalue weighted by atomic mass is 19.1. The van der Waals surface area contributed by atoms with Crippen molar-refractivity contribution in [3.8, 4) is 0 Å². The Bertz CT molecular complexity index is 767. The summed E-state index contributed by atoms with van der Waals surface area (Å²) in [5.41, 5.74) is 4.37. The highest BCUT2D eigenvalue weighted by Gasteiger charge is 2.55. The standard InChI is InChI=1S/C15H23FN6O3/c1-4-7(2)19-11-9-12(21-14(17)20-11)22(6-18-9)13-15(3,16)10(24)8(5-23)25-13/h6-8,10,13,23-24H,4-5H2,1-3H3,(H3,17,19,20,21)/t7?,8-,10-,13-,15-/m1/s1. The summed E-state index contributed by atoms with van der Waals surface area (Å²) in [6, 6.07) is 0.136. The van der Waals surface area contributed by atoms with E-state index in [9.17, 15) is 10.2 Å². The number of ether oxygens (including phenoxy) is 1. The molecule has 25 heavy (non-hydrogen) atoms. The summed E-state index contributed by atoms with van der Waals surface area (Å²) < 4.78 is 21.9. The Morgan fingerprint density at radius 2 is 2.24 bits per heavy atom. The predicted octanol–water partition coefficient (Wildman–Crippen LogP) is 0.598. The topological polar surface area (TPSA) is 131 Å². The maximum Gasteiger partial charge on any atom is 0.224 e. The van der Waals surface area contributed by atoms with Crippen LogP contribution < -0.4 is 11.1 Å². The van der Waals surface area contributed by atoms with Crippen molar-refractivity contribution in [2.75, 3.05) is 17.7 Å². The summed E-state index contributed by atoms with van der Waals surface area (Å²) in [6.45, 7) is 4.73. The first-order chi connectivity index (χ1) is 11.8. The fraction of sp³-hybridized carbons (Fsp3) is 0.667. The number of anilines is 2. The third kappa shape index (κ3) is 2.90. The number of nitrogens with zero attached hydrogens (tertiary/aromatic N) is 4. The lowest BCUT2D eigenvalue weighted by molar-refractivity contribution is -0.0566. The van der Waals surface area contributed by atoms with Gasteiger partial charge in [-0.25, -0.2) is 9.37 Å². The number of rotatable bonds is 5. The Labute approximate surface area is 144 Å². The zero-order valence-electron chi connectivity index (χ0n) is 14.3. The average Bonchev–Trinajstić information content (AvgIpc) is 3.07. The molecule has 0 aliphatic carbocycles. The van der Waals surface area contributed by atoms with Crippen LogP contribution in [0.3, 0.4) is 0 Å². The third-order valence-corrected chi connectivity index (χ3v) is 4.58. The van der Waals surface area contributed by atoms with E-state index in [4.69, 9.17) is 10.5 Å². The van der Waals surface area contributed by atoms with Gasteiger partial charge in [-0.1, -0.05) is 6.92 Å². The van der Waals surface area contributed by atoms with Crippen LogP contribution in [0.5, 0.6) is 0 Å². The number of nitrogen functional groups attached to an aromatic ring is 1. The minimum Gasteiger partial charge on any atom is -0.394 e. The fourth-order valence-corrected chi connectivity index (χ4v) is 2.90. The molecule has 0 bridgehead atoms. The van der Waals surface area contributed by atoms with Gasteiger partial charge in [-0.3, -0.25) is 4.57 Å². The van der Waals surface area contributed by atoms with Gasteiger partial charge in [-0.05, 0) is 20.3 Å². The van der Waals surface area contributed by atoms with E-state index in [1.165, 1.54) is 17.8 Å². The van der Waals surface area contributed by atoms with Gasteiger partial charge in [0, 0.05) is 6.04 Å². The summed E-state index contributed by atoms with van der Waals surface area (Å²) in [7, 11) is 0. The van der Waals surface area contributed by atoms with Crippen molar-refractivity contribution in [3.63, 3.8) is 0 Å². The summed E-state index contributed by atoms with van der Waals surface area (Å²) in [5, 5.41) is 22.5. The van der Waals surface area contributed by atoms with Gasteiger partial charge in [0.25, 0.3) is 0 Å². The van der Waals surface area contributed by atoms with Crippen molar-refractivity contribution < 1.29 is 19.3 Å². The SMILES string of the molecule is CCC(C)Nc1nc(N)nc2c1ncn2[C@@H]1O[C@H](CO)[C@@H](O)[C@@]1(C)F. The van der Waals surface area contributed by atoms with Crippen LogP contribution in [0.1, 0.15) is 33.4 Å². The first kappa shape index (κ1) is 17.8. The number of aliphatic hydroxyl groups excluding tert-OH is 2.